The van der Waals surface area contributed by atoms with E-state index in [1.807, 2.05) is 36.4 Å². The summed E-state index contributed by atoms with van der Waals surface area (Å²) in [5.74, 6) is 1.83. The Morgan fingerprint density at radius 1 is 1.12 bits per heavy atom. The second kappa shape index (κ2) is 10.6. The van der Waals surface area contributed by atoms with Gasteiger partial charge in [0.2, 0.25) is 5.91 Å². The Balaban J connectivity index is 1.80. The van der Waals surface area contributed by atoms with Gasteiger partial charge in [0.25, 0.3) is 0 Å². The molecule has 0 radical (unpaired) electrons. The summed E-state index contributed by atoms with van der Waals surface area (Å²) in [6.07, 6.45) is 4.86. The van der Waals surface area contributed by atoms with Crippen molar-refractivity contribution in [3.05, 3.63) is 72.8 Å². The average molecular weight is 353 g/mol. The monoisotopic (exact) mass is 353 g/mol. The molecule has 2 aromatic carbocycles. The lowest BCUT2D eigenvalue weighted by atomic mass is 10.2. The lowest BCUT2D eigenvalue weighted by molar-refractivity contribution is -0.116. The van der Waals surface area contributed by atoms with E-state index in [-0.39, 0.29) is 5.91 Å². The maximum absolute atomic E-state index is 11.9. The van der Waals surface area contributed by atoms with E-state index >= 15 is 0 Å². The Kier molecular flexibility index (Phi) is 7.80. The van der Waals surface area contributed by atoms with Crippen LogP contribution in [0, 0.1) is 0 Å². The number of hydrogen-bond donors (Lipinski definition) is 1. The van der Waals surface area contributed by atoms with Gasteiger partial charge in [-0.05, 0) is 35.9 Å². The van der Waals surface area contributed by atoms with Gasteiger partial charge in [0.05, 0.1) is 13.7 Å². The summed E-state index contributed by atoms with van der Waals surface area (Å²) in [5, 5.41) is 2.77. The number of carbonyl (C=O) groups is 1. The number of benzene rings is 2. The molecular formula is C21H23NO4. The first-order valence-electron chi connectivity index (χ1n) is 8.28. The van der Waals surface area contributed by atoms with Crippen molar-refractivity contribution in [2.75, 3.05) is 26.9 Å². The van der Waals surface area contributed by atoms with Crippen LogP contribution in [0.4, 0.5) is 0 Å². The van der Waals surface area contributed by atoms with E-state index in [4.69, 9.17) is 14.2 Å². The van der Waals surface area contributed by atoms with Gasteiger partial charge in [-0.3, -0.25) is 4.79 Å². The number of rotatable bonds is 10. The second-order valence-electron chi connectivity index (χ2n) is 5.30. The van der Waals surface area contributed by atoms with E-state index in [0.717, 1.165) is 11.3 Å². The van der Waals surface area contributed by atoms with Gasteiger partial charge in [0, 0.05) is 6.08 Å². The van der Waals surface area contributed by atoms with Crippen LogP contribution in [-0.2, 0) is 4.79 Å². The van der Waals surface area contributed by atoms with Crippen molar-refractivity contribution in [1.29, 1.82) is 0 Å². The third-order valence-corrected chi connectivity index (χ3v) is 3.38. The molecule has 0 bridgehead atoms. The lowest BCUT2D eigenvalue weighted by Gasteiger charge is -2.09. The molecule has 0 saturated heterocycles. The van der Waals surface area contributed by atoms with Gasteiger partial charge in [-0.2, -0.15) is 0 Å². The van der Waals surface area contributed by atoms with Crippen molar-refractivity contribution in [2.45, 2.75) is 0 Å². The van der Waals surface area contributed by atoms with Crippen LogP contribution < -0.4 is 19.5 Å². The summed E-state index contributed by atoms with van der Waals surface area (Å²) in [6, 6.07) is 14.9. The third-order valence-electron chi connectivity index (χ3n) is 3.38. The zero-order chi connectivity index (χ0) is 18.6. The highest BCUT2D eigenvalue weighted by Gasteiger charge is 2.04. The van der Waals surface area contributed by atoms with Gasteiger partial charge >= 0.3 is 0 Å². The third kappa shape index (κ3) is 6.36. The maximum atomic E-state index is 11.9. The summed E-state index contributed by atoms with van der Waals surface area (Å²) in [6.45, 7) is 4.85. The molecule has 0 unspecified atom stereocenters. The van der Waals surface area contributed by atoms with E-state index in [0.29, 0.717) is 31.3 Å². The molecule has 1 amide bonds. The SMILES string of the molecule is C=CCOc1ccc(C=CC(=O)NCCOc2ccccc2)cc1OC. The number of ether oxygens (including phenoxy) is 3. The van der Waals surface area contributed by atoms with Crippen molar-refractivity contribution in [3.63, 3.8) is 0 Å². The molecule has 1 N–H and O–H groups in total. The number of carbonyl (C=O) groups excluding carboxylic acids is 1. The Morgan fingerprint density at radius 3 is 2.65 bits per heavy atom. The predicted molar refractivity (Wildman–Crippen MR) is 103 cm³/mol. The molecular weight excluding hydrogens is 330 g/mol. The predicted octanol–water partition coefficient (Wildman–Crippen LogP) is 3.47. The molecule has 5 heteroatoms. The molecule has 0 saturated carbocycles. The summed E-state index contributed by atoms with van der Waals surface area (Å²) in [5.41, 5.74) is 0.837. The van der Waals surface area contributed by atoms with Gasteiger partial charge in [-0.1, -0.05) is 36.9 Å². The summed E-state index contributed by atoms with van der Waals surface area (Å²) in [4.78, 5) is 11.9. The number of methoxy groups -OCH3 is 1. The smallest absolute Gasteiger partial charge is 0.244 e. The average Bonchev–Trinajstić information content (AvgIpc) is 2.69. The Hall–Kier alpha value is -3.21. The number of amides is 1. The molecule has 136 valence electrons. The molecule has 2 aromatic rings. The normalized spacial score (nSPS) is 10.3. The van der Waals surface area contributed by atoms with Crippen molar-refractivity contribution in [1.82, 2.24) is 5.32 Å². The highest BCUT2D eigenvalue weighted by atomic mass is 16.5. The first-order valence-corrected chi connectivity index (χ1v) is 8.28. The molecule has 0 heterocycles. The standard InChI is InChI=1S/C21H23NO4/c1-3-14-26-19-11-9-17(16-20(19)24-2)10-12-21(23)22-13-15-25-18-7-5-4-6-8-18/h3-12,16H,1,13-15H2,2H3,(H,22,23). The van der Waals surface area contributed by atoms with E-state index in [9.17, 15) is 4.79 Å². The van der Waals surface area contributed by atoms with E-state index in [1.165, 1.54) is 6.08 Å². The second-order valence-corrected chi connectivity index (χ2v) is 5.30. The van der Waals surface area contributed by atoms with Crippen LogP contribution in [0.3, 0.4) is 0 Å². The minimum absolute atomic E-state index is 0.187. The van der Waals surface area contributed by atoms with E-state index < -0.39 is 0 Å². The fourth-order valence-electron chi connectivity index (χ4n) is 2.15. The first-order chi connectivity index (χ1) is 12.7. The number of hydrogen-bond acceptors (Lipinski definition) is 4. The van der Waals surface area contributed by atoms with Crippen LogP contribution in [0.1, 0.15) is 5.56 Å². The Morgan fingerprint density at radius 2 is 1.92 bits per heavy atom. The molecule has 0 aliphatic carbocycles. The molecule has 2 rings (SSSR count). The van der Waals surface area contributed by atoms with Gasteiger partial charge in [0.1, 0.15) is 19.0 Å². The molecule has 0 spiro atoms. The zero-order valence-corrected chi connectivity index (χ0v) is 14.8. The van der Waals surface area contributed by atoms with Crippen LogP contribution in [0.2, 0.25) is 0 Å². The van der Waals surface area contributed by atoms with Gasteiger partial charge in [0.15, 0.2) is 11.5 Å². The Labute approximate surface area is 153 Å². The number of nitrogens with one attached hydrogen (secondary N) is 1. The zero-order valence-electron chi connectivity index (χ0n) is 14.8. The molecule has 0 fully saturated rings. The van der Waals surface area contributed by atoms with Gasteiger partial charge in [-0.15, -0.1) is 0 Å². The molecule has 0 atom stereocenters. The van der Waals surface area contributed by atoms with Gasteiger partial charge < -0.3 is 19.5 Å². The topological polar surface area (TPSA) is 56.8 Å². The van der Waals surface area contributed by atoms with Crippen LogP contribution in [-0.4, -0.2) is 32.8 Å². The highest BCUT2D eigenvalue weighted by molar-refractivity contribution is 5.91. The Bertz CT molecular complexity index is 741. The van der Waals surface area contributed by atoms with Crippen LogP contribution >= 0.6 is 0 Å². The first kappa shape index (κ1) is 19.1. The molecule has 5 nitrogen and oxygen atoms in total. The van der Waals surface area contributed by atoms with Crippen molar-refractivity contribution >= 4 is 12.0 Å². The molecule has 0 aliphatic rings. The fourth-order valence-corrected chi connectivity index (χ4v) is 2.15. The van der Waals surface area contributed by atoms with Crippen molar-refractivity contribution in [2.24, 2.45) is 0 Å². The fraction of sp³-hybridized carbons (Fsp3) is 0.190. The van der Waals surface area contributed by atoms with Crippen molar-refractivity contribution < 1.29 is 19.0 Å². The summed E-state index contributed by atoms with van der Waals surface area (Å²) in [7, 11) is 1.57. The minimum Gasteiger partial charge on any atom is -0.493 e. The lowest BCUT2D eigenvalue weighted by Crippen LogP contribution is -2.26. The highest BCUT2D eigenvalue weighted by Crippen LogP contribution is 2.28. The quantitative estimate of drug-likeness (QED) is 0.404. The molecule has 26 heavy (non-hydrogen) atoms. The maximum Gasteiger partial charge on any atom is 0.244 e. The van der Waals surface area contributed by atoms with Gasteiger partial charge in [-0.25, -0.2) is 0 Å². The van der Waals surface area contributed by atoms with Crippen LogP contribution in [0.5, 0.6) is 17.2 Å². The van der Waals surface area contributed by atoms with E-state index in [2.05, 4.69) is 11.9 Å². The van der Waals surface area contributed by atoms with Crippen LogP contribution in [0.25, 0.3) is 6.08 Å². The number of para-hydroxylation sites is 1. The minimum atomic E-state index is -0.187. The van der Waals surface area contributed by atoms with Crippen LogP contribution in [0.15, 0.2) is 67.3 Å². The molecule has 0 aliphatic heterocycles. The van der Waals surface area contributed by atoms with E-state index in [1.54, 1.807) is 31.4 Å². The summed E-state index contributed by atoms with van der Waals surface area (Å²) < 4.78 is 16.3. The van der Waals surface area contributed by atoms with Crippen molar-refractivity contribution in [3.8, 4) is 17.2 Å². The molecule has 0 aromatic heterocycles. The summed E-state index contributed by atoms with van der Waals surface area (Å²) >= 11 is 0. The largest absolute Gasteiger partial charge is 0.493 e.